The predicted octanol–water partition coefficient (Wildman–Crippen LogP) is 3.87. The summed E-state index contributed by atoms with van der Waals surface area (Å²) in [5.41, 5.74) is 6.75. The van der Waals surface area contributed by atoms with E-state index < -0.39 is 0 Å². The highest BCUT2D eigenvalue weighted by Gasteiger charge is 2.43. The van der Waals surface area contributed by atoms with E-state index >= 15 is 0 Å². The summed E-state index contributed by atoms with van der Waals surface area (Å²) in [6, 6.07) is 13.5. The lowest BCUT2D eigenvalue weighted by atomic mass is 9.98. The first kappa shape index (κ1) is 19.7. The second-order valence-corrected chi connectivity index (χ2v) is 8.75. The van der Waals surface area contributed by atoms with Crippen LogP contribution in [0.4, 0.5) is 11.4 Å². The van der Waals surface area contributed by atoms with Gasteiger partial charge in [0.15, 0.2) is 5.69 Å². The molecule has 0 bridgehead atoms. The van der Waals surface area contributed by atoms with Gasteiger partial charge < -0.3 is 9.88 Å². The highest BCUT2D eigenvalue weighted by Crippen LogP contribution is 2.43. The van der Waals surface area contributed by atoms with Crippen molar-refractivity contribution in [2.45, 2.75) is 32.2 Å². The highest BCUT2D eigenvalue weighted by molar-refractivity contribution is 6.11. The number of aryl methyl sites for hydroxylation is 1. The molecule has 4 heterocycles. The maximum atomic E-state index is 13.5. The molecule has 4 aromatic rings. The molecule has 2 amide bonds. The maximum absolute atomic E-state index is 13.5. The molecule has 1 unspecified atom stereocenters. The van der Waals surface area contributed by atoms with E-state index in [9.17, 15) is 9.59 Å². The number of H-pyrrole nitrogens is 1. The summed E-state index contributed by atoms with van der Waals surface area (Å²) in [5.74, 6) is 0.0493. The number of amides is 2. The van der Waals surface area contributed by atoms with E-state index in [0.717, 1.165) is 58.6 Å². The Bertz CT molecular complexity index is 1400. The number of anilines is 2. The molecule has 2 aromatic heterocycles. The van der Waals surface area contributed by atoms with Crippen molar-refractivity contribution in [3.05, 3.63) is 71.3 Å². The van der Waals surface area contributed by atoms with Gasteiger partial charge in [-0.2, -0.15) is 5.10 Å². The first-order valence-electron chi connectivity index (χ1n) is 11.2. The van der Waals surface area contributed by atoms with Gasteiger partial charge in [-0.1, -0.05) is 12.1 Å². The van der Waals surface area contributed by atoms with Gasteiger partial charge in [-0.25, -0.2) is 4.98 Å². The van der Waals surface area contributed by atoms with Crippen LogP contribution in [0.5, 0.6) is 0 Å². The standard InChI is InChI=1S/C25H24N6O2/c1-15-22-23(28-29(15)2)25(33)31(18-10-11-19-20(13-18)27-14-26-19)24(22)16-6-8-17(9-7-16)30-12-4-3-5-21(30)32/h6-11,13-14,24H,3-5,12H2,1-2H3,(H,26,27). The quantitative estimate of drug-likeness (QED) is 0.524. The number of nitrogens with zero attached hydrogens (tertiary/aromatic N) is 5. The summed E-state index contributed by atoms with van der Waals surface area (Å²) in [5, 5.41) is 4.53. The first-order chi connectivity index (χ1) is 16.0. The molecule has 2 aromatic carbocycles. The molecule has 1 N–H and O–H groups in total. The van der Waals surface area contributed by atoms with Crippen LogP contribution in [-0.2, 0) is 11.8 Å². The molecule has 33 heavy (non-hydrogen) atoms. The number of fused-ring (bicyclic) bond motifs is 2. The van der Waals surface area contributed by atoms with E-state index in [1.165, 1.54) is 0 Å². The van der Waals surface area contributed by atoms with Crippen LogP contribution in [0.25, 0.3) is 11.0 Å². The Labute approximate surface area is 190 Å². The van der Waals surface area contributed by atoms with Gasteiger partial charge >= 0.3 is 0 Å². The molecule has 0 radical (unpaired) electrons. The summed E-state index contributed by atoms with van der Waals surface area (Å²) in [6.07, 6.45) is 4.22. The lowest BCUT2D eigenvalue weighted by Gasteiger charge is -2.29. The molecule has 2 aliphatic rings. The van der Waals surface area contributed by atoms with Gasteiger partial charge in [-0.15, -0.1) is 0 Å². The fourth-order valence-electron chi connectivity index (χ4n) is 5.04. The topological polar surface area (TPSA) is 87.1 Å². The number of piperidine rings is 1. The molecule has 2 aliphatic heterocycles. The summed E-state index contributed by atoms with van der Waals surface area (Å²) in [4.78, 5) is 37.0. The molecule has 166 valence electrons. The molecule has 0 saturated carbocycles. The number of carbonyl (C=O) groups is 2. The molecule has 0 aliphatic carbocycles. The molecule has 6 rings (SSSR count). The third kappa shape index (κ3) is 2.97. The van der Waals surface area contributed by atoms with Gasteiger partial charge in [-0.05, 0) is 55.7 Å². The second kappa shape index (κ2) is 7.30. The molecule has 1 atom stereocenters. The van der Waals surface area contributed by atoms with Crippen molar-refractivity contribution in [2.24, 2.45) is 7.05 Å². The number of aromatic nitrogens is 4. The third-order valence-electron chi connectivity index (χ3n) is 6.86. The van der Waals surface area contributed by atoms with Gasteiger partial charge in [0.25, 0.3) is 5.91 Å². The van der Waals surface area contributed by atoms with Gasteiger partial charge in [0.2, 0.25) is 5.91 Å². The van der Waals surface area contributed by atoms with Crippen molar-refractivity contribution in [2.75, 3.05) is 16.3 Å². The molecule has 1 saturated heterocycles. The molecule has 0 spiro atoms. The summed E-state index contributed by atoms with van der Waals surface area (Å²) in [7, 11) is 1.86. The van der Waals surface area contributed by atoms with E-state index in [4.69, 9.17) is 0 Å². The van der Waals surface area contributed by atoms with Crippen molar-refractivity contribution in [3.63, 3.8) is 0 Å². The third-order valence-corrected chi connectivity index (χ3v) is 6.86. The minimum atomic E-state index is -0.302. The number of nitrogens with one attached hydrogen (secondary N) is 1. The molecule has 8 heteroatoms. The van der Waals surface area contributed by atoms with Crippen molar-refractivity contribution in [1.82, 2.24) is 19.7 Å². The van der Waals surface area contributed by atoms with Crippen molar-refractivity contribution >= 4 is 34.2 Å². The zero-order valence-electron chi connectivity index (χ0n) is 18.6. The van der Waals surface area contributed by atoms with Crippen LogP contribution >= 0.6 is 0 Å². The first-order valence-corrected chi connectivity index (χ1v) is 11.2. The Kier molecular flexibility index (Phi) is 4.36. The monoisotopic (exact) mass is 440 g/mol. The number of benzene rings is 2. The lowest BCUT2D eigenvalue weighted by molar-refractivity contribution is -0.119. The fraction of sp³-hybridized carbons (Fsp3) is 0.280. The number of imidazole rings is 1. The number of carbonyl (C=O) groups excluding carboxylic acids is 2. The van der Waals surface area contributed by atoms with Crippen molar-refractivity contribution < 1.29 is 9.59 Å². The molecule has 8 nitrogen and oxygen atoms in total. The number of hydrogen-bond donors (Lipinski definition) is 1. The second-order valence-electron chi connectivity index (χ2n) is 8.75. The van der Waals surface area contributed by atoms with Gasteiger partial charge in [-0.3, -0.25) is 19.2 Å². The van der Waals surface area contributed by atoms with Crippen LogP contribution in [0.15, 0.2) is 48.8 Å². The Hall–Kier alpha value is -3.94. The molecular weight excluding hydrogens is 416 g/mol. The zero-order chi connectivity index (χ0) is 22.7. The largest absolute Gasteiger partial charge is 0.345 e. The number of rotatable bonds is 3. The van der Waals surface area contributed by atoms with E-state index in [-0.39, 0.29) is 17.9 Å². The number of hydrogen-bond acceptors (Lipinski definition) is 4. The minimum absolute atomic E-state index is 0.121. The summed E-state index contributed by atoms with van der Waals surface area (Å²) in [6.45, 7) is 2.75. The highest BCUT2D eigenvalue weighted by atomic mass is 16.2. The average Bonchev–Trinajstić information content (AvgIpc) is 3.49. The van der Waals surface area contributed by atoms with Gasteiger partial charge in [0, 0.05) is 42.6 Å². The van der Waals surface area contributed by atoms with Gasteiger partial charge in [0.05, 0.1) is 23.4 Å². The van der Waals surface area contributed by atoms with Crippen molar-refractivity contribution in [1.29, 1.82) is 0 Å². The van der Waals surface area contributed by atoms with Crippen LogP contribution in [0.1, 0.15) is 52.6 Å². The van der Waals surface area contributed by atoms with Crippen molar-refractivity contribution in [3.8, 4) is 0 Å². The fourth-order valence-corrected chi connectivity index (χ4v) is 5.04. The smallest absolute Gasteiger partial charge is 0.280 e. The van der Waals surface area contributed by atoms with E-state index in [1.807, 2.05) is 61.3 Å². The average molecular weight is 441 g/mol. The lowest BCUT2D eigenvalue weighted by Crippen LogP contribution is -2.35. The predicted molar refractivity (Wildman–Crippen MR) is 125 cm³/mol. The van der Waals surface area contributed by atoms with Crippen LogP contribution < -0.4 is 9.80 Å². The van der Waals surface area contributed by atoms with Crippen LogP contribution in [0, 0.1) is 6.92 Å². The zero-order valence-corrected chi connectivity index (χ0v) is 18.6. The Morgan fingerprint density at radius 1 is 1.03 bits per heavy atom. The Balaban J connectivity index is 1.45. The SMILES string of the molecule is Cc1c2c(nn1C)C(=O)N(c1ccc3[nH]cnc3c1)C2c1ccc(N2CCCCC2=O)cc1. The van der Waals surface area contributed by atoms with E-state index in [1.54, 1.807) is 15.9 Å². The maximum Gasteiger partial charge on any atom is 0.280 e. The van der Waals surface area contributed by atoms with Crippen LogP contribution in [0.3, 0.4) is 0 Å². The summed E-state index contributed by atoms with van der Waals surface area (Å²) >= 11 is 0. The van der Waals surface area contributed by atoms with E-state index in [2.05, 4.69) is 15.1 Å². The van der Waals surface area contributed by atoms with Crippen LogP contribution in [-0.4, -0.2) is 38.1 Å². The van der Waals surface area contributed by atoms with Crippen LogP contribution in [0.2, 0.25) is 0 Å². The number of aromatic amines is 1. The van der Waals surface area contributed by atoms with E-state index in [0.29, 0.717) is 12.1 Å². The molecule has 1 fully saturated rings. The van der Waals surface area contributed by atoms with Gasteiger partial charge in [0.1, 0.15) is 0 Å². The normalized spacial score (nSPS) is 18.4. The Morgan fingerprint density at radius 3 is 2.61 bits per heavy atom. The minimum Gasteiger partial charge on any atom is -0.345 e. The summed E-state index contributed by atoms with van der Waals surface area (Å²) < 4.78 is 1.77. The molecular formula is C25H24N6O2. The Morgan fingerprint density at radius 2 is 1.82 bits per heavy atom.